The number of hydrogen-bond acceptors (Lipinski definition) is 6. The van der Waals surface area contributed by atoms with Crippen molar-refractivity contribution in [3.8, 4) is 0 Å². The normalized spacial score (nSPS) is 18.5. The lowest BCUT2D eigenvalue weighted by molar-refractivity contribution is -0.116. The van der Waals surface area contributed by atoms with Gasteiger partial charge >= 0.3 is 0 Å². The zero-order valence-corrected chi connectivity index (χ0v) is 16.8. The van der Waals surface area contributed by atoms with Crippen molar-refractivity contribution in [1.82, 2.24) is 9.62 Å². The molecular formula is C16H25N3O5S2. The van der Waals surface area contributed by atoms with Crippen molar-refractivity contribution in [2.24, 2.45) is 0 Å². The zero-order chi connectivity index (χ0) is 19.5. The van der Waals surface area contributed by atoms with E-state index in [1.807, 2.05) is 20.8 Å². The highest BCUT2D eigenvalue weighted by Gasteiger charge is 2.36. The lowest BCUT2D eigenvalue weighted by Crippen LogP contribution is -2.41. The average molecular weight is 404 g/mol. The maximum atomic E-state index is 12.4. The minimum atomic E-state index is -3.72. The van der Waals surface area contributed by atoms with Crippen LogP contribution in [0, 0.1) is 0 Å². The number of likely N-dealkylation sites (N-methyl/N-ethyl adjacent to an activating group) is 1. The maximum Gasteiger partial charge on any atom is 0.242 e. The molecular weight excluding hydrogens is 378 g/mol. The van der Waals surface area contributed by atoms with Gasteiger partial charge < -0.3 is 0 Å². The summed E-state index contributed by atoms with van der Waals surface area (Å²) < 4.78 is 52.0. The largest absolute Gasteiger partial charge is 0.300 e. The fraction of sp³-hybridized carbons (Fsp3) is 0.562. The van der Waals surface area contributed by atoms with E-state index in [0.717, 1.165) is 17.4 Å². The minimum Gasteiger partial charge on any atom is -0.300 e. The van der Waals surface area contributed by atoms with Crippen LogP contribution in [-0.4, -0.2) is 59.1 Å². The van der Waals surface area contributed by atoms with Gasteiger partial charge in [-0.2, -0.15) is 0 Å². The molecule has 0 radical (unpaired) electrons. The molecule has 8 nitrogen and oxygen atoms in total. The van der Waals surface area contributed by atoms with Crippen LogP contribution in [0.15, 0.2) is 29.2 Å². The van der Waals surface area contributed by atoms with Gasteiger partial charge in [-0.25, -0.2) is 25.9 Å². The predicted octanol–water partition coefficient (Wildman–Crippen LogP) is 0.762. The van der Waals surface area contributed by atoms with Gasteiger partial charge in [0, 0.05) is 19.0 Å². The topological polar surface area (TPSA) is 104 Å². The van der Waals surface area contributed by atoms with E-state index >= 15 is 0 Å². The number of hydrogen-bond donors (Lipinski definition) is 1. The molecule has 1 atom stereocenters. The molecule has 0 aliphatic carbocycles. The Morgan fingerprint density at radius 3 is 2.23 bits per heavy atom. The molecule has 0 aromatic heterocycles. The Morgan fingerprint density at radius 1 is 1.19 bits per heavy atom. The molecule has 1 aliphatic rings. The first-order valence-corrected chi connectivity index (χ1v) is 11.6. The molecule has 146 valence electrons. The summed E-state index contributed by atoms with van der Waals surface area (Å²) in [5.74, 6) is -0.733. The van der Waals surface area contributed by atoms with Crippen LogP contribution in [0.2, 0.25) is 0 Å². The van der Waals surface area contributed by atoms with E-state index < -0.39 is 26.0 Å². The standard InChI is InChI=1S/C16H25N3O5S2/c1-4-18(5-2)13(3)12-17-26(23,24)15-8-6-14(7-9-15)19-16(20)10-11-25(19,21)22/h6-9,13,17H,4-5,10-12H2,1-3H3/t13-/m1/s1. The smallest absolute Gasteiger partial charge is 0.242 e. The van der Waals surface area contributed by atoms with E-state index in [1.165, 1.54) is 24.3 Å². The van der Waals surface area contributed by atoms with Crippen LogP contribution in [0.4, 0.5) is 5.69 Å². The van der Waals surface area contributed by atoms with Crippen molar-refractivity contribution in [2.75, 3.05) is 29.7 Å². The van der Waals surface area contributed by atoms with Crippen LogP contribution in [0.5, 0.6) is 0 Å². The Kier molecular flexibility index (Phi) is 6.43. The molecule has 0 unspecified atom stereocenters. The predicted molar refractivity (Wildman–Crippen MR) is 99.9 cm³/mol. The van der Waals surface area contributed by atoms with E-state index in [1.54, 1.807) is 0 Å². The average Bonchev–Trinajstić information content (AvgIpc) is 2.87. The summed E-state index contributed by atoms with van der Waals surface area (Å²) in [4.78, 5) is 13.9. The molecule has 26 heavy (non-hydrogen) atoms. The first-order valence-electron chi connectivity index (χ1n) is 8.52. The van der Waals surface area contributed by atoms with Gasteiger partial charge in [-0.05, 0) is 44.3 Å². The molecule has 0 spiro atoms. The van der Waals surface area contributed by atoms with Crippen molar-refractivity contribution < 1.29 is 21.6 Å². The highest BCUT2D eigenvalue weighted by molar-refractivity contribution is 7.94. The number of benzene rings is 1. The van der Waals surface area contributed by atoms with E-state index in [2.05, 4.69) is 9.62 Å². The molecule has 0 saturated carbocycles. The second-order valence-corrected chi connectivity index (χ2v) is 9.84. The van der Waals surface area contributed by atoms with E-state index in [-0.39, 0.29) is 35.3 Å². The maximum absolute atomic E-state index is 12.4. The minimum absolute atomic E-state index is 0.0250. The summed E-state index contributed by atoms with van der Waals surface area (Å²) in [5, 5.41) is 0. The van der Waals surface area contributed by atoms with Gasteiger partial charge in [0.15, 0.2) is 0 Å². The van der Waals surface area contributed by atoms with Gasteiger partial charge in [0.1, 0.15) is 0 Å². The summed E-state index contributed by atoms with van der Waals surface area (Å²) in [6, 6.07) is 5.33. The van der Waals surface area contributed by atoms with Gasteiger partial charge in [0.25, 0.3) is 0 Å². The van der Waals surface area contributed by atoms with Crippen molar-refractivity contribution in [3.05, 3.63) is 24.3 Å². The van der Waals surface area contributed by atoms with Crippen molar-refractivity contribution in [1.29, 1.82) is 0 Å². The number of nitrogens with one attached hydrogen (secondary N) is 1. The van der Waals surface area contributed by atoms with Crippen molar-refractivity contribution in [2.45, 2.75) is 38.1 Å². The molecule has 1 heterocycles. The Balaban J connectivity index is 2.13. The first-order chi connectivity index (χ1) is 12.1. The molecule has 1 aliphatic heterocycles. The van der Waals surface area contributed by atoms with Crippen LogP contribution in [0.1, 0.15) is 27.2 Å². The second-order valence-electron chi connectivity index (χ2n) is 6.14. The van der Waals surface area contributed by atoms with Crippen LogP contribution in [-0.2, 0) is 24.8 Å². The van der Waals surface area contributed by atoms with Crippen LogP contribution in [0.25, 0.3) is 0 Å². The molecule has 1 saturated heterocycles. The Bertz CT molecular complexity index is 846. The summed E-state index contributed by atoms with van der Waals surface area (Å²) >= 11 is 0. The molecule has 1 amide bonds. The molecule has 1 N–H and O–H groups in total. The van der Waals surface area contributed by atoms with Gasteiger partial charge in [-0.1, -0.05) is 13.8 Å². The van der Waals surface area contributed by atoms with Crippen LogP contribution in [0.3, 0.4) is 0 Å². The number of carbonyl (C=O) groups excluding carboxylic acids is 1. The molecule has 10 heteroatoms. The summed E-state index contributed by atoms with van der Waals surface area (Å²) in [6.45, 7) is 7.90. The highest BCUT2D eigenvalue weighted by Crippen LogP contribution is 2.26. The number of rotatable bonds is 8. The van der Waals surface area contributed by atoms with Crippen LogP contribution >= 0.6 is 0 Å². The number of sulfonamides is 2. The Hall–Kier alpha value is -1.49. The molecule has 1 aromatic rings. The molecule has 2 rings (SSSR count). The number of nitrogens with zero attached hydrogens (tertiary/aromatic N) is 2. The third-order valence-corrected chi connectivity index (χ3v) is 7.59. The SMILES string of the molecule is CCN(CC)[C@H](C)CNS(=O)(=O)c1ccc(N2C(=O)CCS2(=O)=O)cc1. The van der Waals surface area contributed by atoms with E-state index in [9.17, 15) is 21.6 Å². The van der Waals surface area contributed by atoms with Gasteiger partial charge in [-0.3, -0.25) is 9.69 Å². The molecule has 1 aromatic carbocycles. The number of amides is 1. The third-order valence-electron chi connectivity index (χ3n) is 4.46. The van der Waals surface area contributed by atoms with Crippen LogP contribution < -0.4 is 9.03 Å². The monoisotopic (exact) mass is 403 g/mol. The summed E-state index contributed by atoms with van der Waals surface area (Å²) in [5.41, 5.74) is 0.156. The highest BCUT2D eigenvalue weighted by atomic mass is 32.2. The lowest BCUT2D eigenvalue weighted by atomic mass is 10.3. The van der Waals surface area contributed by atoms with E-state index in [4.69, 9.17) is 0 Å². The number of carbonyl (C=O) groups is 1. The quantitative estimate of drug-likeness (QED) is 0.687. The van der Waals surface area contributed by atoms with E-state index in [0.29, 0.717) is 0 Å². The Morgan fingerprint density at radius 2 is 1.77 bits per heavy atom. The lowest BCUT2D eigenvalue weighted by Gasteiger charge is -2.26. The summed E-state index contributed by atoms with van der Waals surface area (Å²) in [6.07, 6.45) is -0.0623. The van der Waals surface area contributed by atoms with Crippen molar-refractivity contribution in [3.63, 3.8) is 0 Å². The molecule has 1 fully saturated rings. The van der Waals surface area contributed by atoms with Gasteiger partial charge in [-0.15, -0.1) is 0 Å². The van der Waals surface area contributed by atoms with Gasteiger partial charge in [0.2, 0.25) is 26.0 Å². The Labute approximate surface area is 155 Å². The first kappa shape index (κ1) is 20.8. The fourth-order valence-corrected chi connectivity index (χ4v) is 5.50. The van der Waals surface area contributed by atoms with Gasteiger partial charge in [0.05, 0.1) is 16.3 Å². The number of anilines is 1. The zero-order valence-electron chi connectivity index (χ0n) is 15.2. The third kappa shape index (κ3) is 4.43. The fourth-order valence-electron chi connectivity index (χ4n) is 2.92. The summed E-state index contributed by atoms with van der Waals surface area (Å²) in [7, 11) is -7.38. The second kappa shape index (κ2) is 8.03. The van der Waals surface area contributed by atoms with Crippen molar-refractivity contribution >= 4 is 31.6 Å². The molecule has 0 bridgehead atoms.